The van der Waals surface area contributed by atoms with Crippen LogP contribution < -0.4 is 0 Å². The lowest BCUT2D eigenvalue weighted by molar-refractivity contribution is 0.133. The molecule has 3 heteroatoms. The molecule has 0 spiro atoms. The van der Waals surface area contributed by atoms with Crippen LogP contribution in [0.4, 0.5) is 0 Å². The molecule has 118 valence electrons. The number of benzene rings is 1. The van der Waals surface area contributed by atoms with Crippen LogP contribution in [0.5, 0.6) is 0 Å². The molecule has 1 aromatic carbocycles. The first kappa shape index (κ1) is 16.7. The van der Waals surface area contributed by atoms with Gasteiger partial charge in [0, 0.05) is 0 Å². The van der Waals surface area contributed by atoms with E-state index in [9.17, 15) is 0 Å². The molecule has 1 heterocycles. The van der Waals surface area contributed by atoms with Gasteiger partial charge in [-0.2, -0.15) is 0 Å². The Balaban J connectivity index is 2.05. The Kier molecular flexibility index (Phi) is 4.96. The summed E-state index contributed by atoms with van der Waals surface area (Å²) in [6.07, 6.45) is 2.93. The van der Waals surface area contributed by atoms with Crippen LogP contribution in [-0.4, -0.2) is 20.5 Å². The fourth-order valence-electron chi connectivity index (χ4n) is 2.45. The van der Waals surface area contributed by atoms with Crippen molar-refractivity contribution in [1.82, 2.24) is 0 Å². The predicted molar refractivity (Wildman–Crippen MR) is 91.0 cm³/mol. The van der Waals surface area contributed by atoms with E-state index in [-0.39, 0.29) is 23.4 Å². The molecule has 0 N–H and O–H groups in total. The van der Waals surface area contributed by atoms with Gasteiger partial charge in [0.05, 0.1) is 6.10 Å². The first-order chi connectivity index (χ1) is 9.76. The largest absolute Gasteiger partial charge is 0.411 e. The minimum Gasteiger partial charge on any atom is -0.411 e. The number of hydrogen-bond acceptors (Lipinski definition) is 2. The molecule has 1 aliphatic rings. The van der Waals surface area contributed by atoms with Crippen molar-refractivity contribution in [3.8, 4) is 0 Å². The van der Waals surface area contributed by atoms with Crippen molar-refractivity contribution in [2.75, 3.05) is 0 Å². The van der Waals surface area contributed by atoms with Gasteiger partial charge in [-0.05, 0) is 30.1 Å². The lowest BCUT2D eigenvalue weighted by atomic mass is 10.0. The van der Waals surface area contributed by atoms with E-state index >= 15 is 0 Å². The molecule has 0 amide bonds. The molecule has 2 rings (SSSR count). The van der Waals surface area contributed by atoms with E-state index in [2.05, 4.69) is 71.1 Å². The molecule has 0 bridgehead atoms. The van der Waals surface area contributed by atoms with E-state index in [1.807, 2.05) is 0 Å². The minimum atomic E-state index is -1.74. The smallest absolute Gasteiger partial charge is 0.192 e. The molecule has 1 aromatic rings. The highest BCUT2D eigenvalue weighted by molar-refractivity contribution is 6.74. The molecular weight excluding hydrogens is 276 g/mol. The van der Waals surface area contributed by atoms with Crippen LogP contribution in [-0.2, 0) is 9.16 Å². The van der Waals surface area contributed by atoms with Crippen LogP contribution in [0, 0.1) is 0 Å². The van der Waals surface area contributed by atoms with Crippen molar-refractivity contribution in [3.05, 3.63) is 35.9 Å². The Hall–Kier alpha value is -0.643. The lowest BCUT2D eigenvalue weighted by Gasteiger charge is -2.39. The van der Waals surface area contributed by atoms with Gasteiger partial charge >= 0.3 is 0 Å². The first-order valence-electron chi connectivity index (χ1n) is 8.14. The van der Waals surface area contributed by atoms with Crippen molar-refractivity contribution in [2.24, 2.45) is 0 Å². The Morgan fingerprint density at radius 2 is 1.81 bits per heavy atom. The van der Waals surface area contributed by atoms with Crippen LogP contribution >= 0.6 is 0 Å². The van der Waals surface area contributed by atoms with Crippen LogP contribution in [0.3, 0.4) is 0 Å². The minimum absolute atomic E-state index is 0.229. The molecule has 0 radical (unpaired) electrons. The lowest BCUT2D eigenvalue weighted by Crippen LogP contribution is -2.45. The Morgan fingerprint density at radius 3 is 2.33 bits per heavy atom. The maximum Gasteiger partial charge on any atom is 0.192 e. The standard InChI is InChI=1S/C18H30O2Si/c1-7-11-15(20-21(5,6)18(2,3)4)17-16(19-17)14-12-9-8-10-13-14/h8-10,12-13,15-17H,7,11H2,1-6H3/t15-,16-,17+/m0/s1. The summed E-state index contributed by atoms with van der Waals surface area (Å²) in [6, 6.07) is 10.5. The van der Waals surface area contributed by atoms with Crippen molar-refractivity contribution >= 4 is 8.32 Å². The second kappa shape index (κ2) is 6.23. The Labute approximate surface area is 131 Å². The molecule has 2 nitrogen and oxygen atoms in total. The zero-order valence-corrected chi connectivity index (χ0v) is 15.3. The third-order valence-corrected chi connectivity index (χ3v) is 9.35. The van der Waals surface area contributed by atoms with Crippen LogP contribution in [0.25, 0.3) is 0 Å². The summed E-state index contributed by atoms with van der Waals surface area (Å²) in [5.41, 5.74) is 1.28. The zero-order valence-electron chi connectivity index (χ0n) is 14.3. The fraction of sp³-hybridized carbons (Fsp3) is 0.667. The summed E-state index contributed by atoms with van der Waals surface area (Å²) in [6.45, 7) is 13.8. The molecular formula is C18H30O2Si. The van der Waals surface area contributed by atoms with Gasteiger partial charge in [-0.1, -0.05) is 64.4 Å². The normalized spacial score (nSPS) is 23.9. The fourth-order valence-corrected chi connectivity index (χ4v) is 3.81. The van der Waals surface area contributed by atoms with E-state index in [0.717, 1.165) is 12.8 Å². The molecule has 0 aromatic heterocycles. The summed E-state index contributed by atoms with van der Waals surface area (Å²) < 4.78 is 12.6. The average Bonchev–Trinajstić information content (AvgIpc) is 3.18. The number of ether oxygens (including phenoxy) is 1. The van der Waals surface area contributed by atoms with Crippen molar-refractivity contribution in [2.45, 2.75) is 77.0 Å². The summed E-state index contributed by atoms with van der Waals surface area (Å²) in [4.78, 5) is 0. The predicted octanol–water partition coefficient (Wildman–Crippen LogP) is 5.32. The van der Waals surface area contributed by atoms with Gasteiger partial charge in [0.15, 0.2) is 8.32 Å². The van der Waals surface area contributed by atoms with Gasteiger partial charge in [0.2, 0.25) is 0 Å². The molecule has 1 saturated heterocycles. The monoisotopic (exact) mass is 306 g/mol. The number of rotatable bonds is 6. The van der Waals surface area contributed by atoms with Crippen LogP contribution in [0.15, 0.2) is 30.3 Å². The van der Waals surface area contributed by atoms with Crippen LogP contribution in [0.1, 0.15) is 52.2 Å². The van der Waals surface area contributed by atoms with E-state index in [1.54, 1.807) is 0 Å². The van der Waals surface area contributed by atoms with Crippen molar-refractivity contribution < 1.29 is 9.16 Å². The average molecular weight is 307 g/mol. The van der Waals surface area contributed by atoms with Gasteiger partial charge in [-0.15, -0.1) is 0 Å². The molecule has 3 atom stereocenters. The Bertz CT molecular complexity index is 450. The molecule has 1 aliphatic heterocycles. The summed E-state index contributed by atoms with van der Waals surface area (Å²) >= 11 is 0. The summed E-state index contributed by atoms with van der Waals surface area (Å²) in [5.74, 6) is 0. The summed E-state index contributed by atoms with van der Waals surface area (Å²) in [5, 5.41) is 0.246. The SMILES string of the molecule is CCC[C@H](O[Si](C)(C)C(C)(C)C)[C@H]1O[C@H]1c1ccccc1. The van der Waals surface area contributed by atoms with Gasteiger partial charge < -0.3 is 9.16 Å². The molecule has 0 aliphatic carbocycles. The van der Waals surface area contributed by atoms with E-state index in [4.69, 9.17) is 9.16 Å². The van der Waals surface area contributed by atoms with Crippen molar-refractivity contribution in [1.29, 1.82) is 0 Å². The van der Waals surface area contributed by atoms with E-state index in [1.165, 1.54) is 5.56 Å². The first-order valence-corrected chi connectivity index (χ1v) is 11.1. The topological polar surface area (TPSA) is 21.8 Å². The van der Waals surface area contributed by atoms with Crippen molar-refractivity contribution in [3.63, 3.8) is 0 Å². The number of hydrogen-bond donors (Lipinski definition) is 0. The van der Waals surface area contributed by atoms with E-state index in [0.29, 0.717) is 0 Å². The van der Waals surface area contributed by atoms with Gasteiger partial charge in [0.25, 0.3) is 0 Å². The molecule has 1 fully saturated rings. The highest BCUT2D eigenvalue weighted by Gasteiger charge is 2.49. The quantitative estimate of drug-likeness (QED) is 0.524. The third-order valence-electron chi connectivity index (χ3n) is 4.85. The molecule has 0 unspecified atom stereocenters. The summed E-state index contributed by atoms with van der Waals surface area (Å²) in [7, 11) is -1.74. The second-order valence-electron chi connectivity index (χ2n) is 7.64. The molecule has 0 saturated carbocycles. The Morgan fingerprint density at radius 1 is 1.19 bits per heavy atom. The van der Waals surface area contributed by atoms with Crippen LogP contribution in [0.2, 0.25) is 18.1 Å². The maximum atomic E-state index is 6.63. The second-order valence-corrected chi connectivity index (χ2v) is 12.4. The zero-order chi connectivity index (χ0) is 15.7. The van der Waals surface area contributed by atoms with E-state index < -0.39 is 8.32 Å². The maximum absolute atomic E-state index is 6.63. The van der Waals surface area contributed by atoms with Gasteiger partial charge in [-0.3, -0.25) is 0 Å². The van der Waals surface area contributed by atoms with Gasteiger partial charge in [0.1, 0.15) is 12.2 Å². The highest BCUT2D eigenvalue weighted by atomic mass is 28.4. The van der Waals surface area contributed by atoms with Gasteiger partial charge in [-0.25, -0.2) is 0 Å². The molecule has 21 heavy (non-hydrogen) atoms. The third kappa shape index (κ3) is 3.96. The highest BCUT2D eigenvalue weighted by Crippen LogP contribution is 2.46. The number of epoxide rings is 1.